The number of rotatable bonds is 4. The van der Waals surface area contributed by atoms with Gasteiger partial charge in [0.2, 0.25) is 0 Å². The number of hydrogen-bond donors (Lipinski definition) is 1. The average molecular weight is 207 g/mol. The molecule has 0 radical (unpaired) electrons. The molecule has 0 aromatic heterocycles. The van der Waals surface area contributed by atoms with Crippen LogP contribution in [-0.4, -0.2) is 20.4 Å². The van der Waals surface area contributed by atoms with Gasteiger partial charge in [-0.1, -0.05) is 6.07 Å². The van der Waals surface area contributed by atoms with Crippen molar-refractivity contribution in [3.63, 3.8) is 0 Å². The summed E-state index contributed by atoms with van der Waals surface area (Å²) >= 11 is 0. The molecule has 1 N–H and O–H groups in total. The fourth-order valence-corrected chi connectivity index (χ4v) is 1.79. The van der Waals surface area contributed by atoms with Crippen molar-refractivity contribution >= 4 is 6.29 Å². The van der Waals surface area contributed by atoms with Crippen LogP contribution >= 0.6 is 0 Å². The first-order valence-corrected chi connectivity index (χ1v) is 4.91. The highest BCUT2D eigenvalue weighted by Crippen LogP contribution is 2.28. The number of hydrogen-bond acceptors (Lipinski definition) is 3. The Morgan fingerprint density at radius 3 is 2.53 bits per heavy atom. The van der Waals surface area contributed by atoms with Gasteiger partial charge in [-0.05, 0) is 38.1 Å². The van der Waals surface area contributed by atoms with Crippen molar-refractivity contribution in [1.29, 1.82) is 0 Å². The molecular weight excluding hydrogens is 190 g/mol. The smallest absolute Gasteiger partial charge is 0.141 e. The quantitative estimate of drug-likeness (QED) is 0.765. The van der Waals surface area contributed by atoms with Crippen molar-refractivity contribution < 1.29 is 9.53 Å². The zero-order valence-electron chi connectivity index (χ0n) is 9.63. The Hall–Kier alpha value is -1.35. The number of carbonyl (C=O) groups excluding carboxylic acids is 1. The van der Waals surface area contributed by atoms with Gasteiger partial charge in [-0.2, -0.15) is 0 Å². The summed E-state index contributed by atoms with van der Waals surface area (Å²) in [5.74, 6) is 0.763. The van der Waals surface area contributed by atoms with Gasteiger partial charge in [0.05, 0.1) is 13.2 Å². The lowest BCUT2D eigenvalue weighted by atomic mass is 9.98. The molecule has 15 heavy (non-hydrogen) atoms. The van der Waals surface area contributed by atoms with Gasteiger partial charge in [-0.25, -0.2) is 0 Å². The van der Waals surface area contributed by atoms with E-state index in [9.17, 15) is 4.79 Å². The predicted molar refractivity (Wildman–Crippen MR) is 60.3 cm³/mol. The van der Waals surface area contributed by atoms with Crippen LogP contribution in [0.4, 0.5) is 0 Å². The van der Waals surface area contributed by atoms with Crippen LogP contribution in [-0.2, 0) is 4.79 Å². The van der Waals surface area contributed by atoms with Crippen LogP contribution in [0.5, 0.6) is 5.75 Å². The molecule has 0 aliphatic heterocycles. The molecule has 3 nitrogen and oxygen atoms in total. The fraction of sp³-hybridized carbons (Fsp3) is 0.417. The zero-order valence-corrected chi connectivity index (χ0v) is 9.63. The number of nitrogens with one attached hydrogen (secondary N) is 1. The molecule has 1 atom stereocenters. The maximum atomic E-state index is 10.9. The van der Waals surface area contributed by atoms with Gasteiger partial charge in [0.25, 0.3) is 0 Å². The Morgan fingerprint density at radius 1 is 1.40 bits per heavy atom. The van der Waals surface area contributed by atoms with Gasteiger partial charge in [-0.15, -0.1) is 0 Å². The third-order valence-electron chi connectivity index (χ3n) is 2.47. The van der Waals surface area contributed by atoms with E-state index in [1.54, 1.807) is 14.2 Å². The molecule has 82 valence electrons. The van der Waals surface area contributed by atoms with Crippen molar-refractivity contribution in [3.8, 4) is 5.75 Å². The van der Waals surface area contributed by atoms with Crippen LogP contribution in [0.1, 0.15) is 22.7 Å². The van der Waals surface area contributed by atoms with Crippen molar-refractivity contribution in [2.24, 2.45) is 0 Å². The first kappa shape index (κ1) is 11.7. The van der Waals surface area contributed by atoms with E-state index in [4.69, 9.17) is 4.74 Å². The third kappa shape index (κ3) is 2.36. The summed E-state index contributed by atoms with van der Waals surface area (Å²) in [4.78, 5) is 10.9. The number of aldehydes is 1. The highest BCUT2D eigenvalue weighted by Gasteiger charge is 2.16. The number of ether oxygens (including phenoxy) is 1. The molecular formula is C12H17NO2. The number of aryl methyl sites for hydroxylation is 2. The molecule has 3 heteroatoms. The largest absolute Gasteiger partial charge is 0.496 e. The Morgan fingerprint density at radius 2 is 2.07 bits per heavy atom. The van der Waals surface area contributed by atoms with Crippen molar-refractivity contribution in [3.05, 3.63) is 28.8 Å². The summed E-state index contributed by atoms with van der Waals surface area (Å²) in [6.07, 6.45) is 0.889. The molecule has 0 saturated carbocycles. The van der Waals surface area contributed by atoms with Crippen LogP contribution in [0.3, 0.4) is 0 Å². The molecule has 1 aromatic rings. The lowest BCUT2D eigenvalue weighted by molar-refractivity contribution is -0.109. The van der Waals surface area contributed by atoms with E-state index in [2.05, 4.69) is 5.32 Å². The molecule has 0 amide bonds. The molecule has 1 rings (SSSR count). The van der Waals surface area contributed by atoms with E-state index >= 15 is 0 Å². The van der Waals surface area contributed by atoms with E-state index in [0.29, 0.717) is 0 Å². The highest BCUT2D eigenvalue weighted by molar-refractivity contribution is 5.65. The first-order chi connectivity index (χ1) is 7.13. The third-order valence-corrected chi connectivity index (χ3v) is 2.47. The molecule has 1 unspecified atom stereocenters. The van der Waals surface area contributed by atoms with Gasteiger partial charge in [0, 0.05) is 5.56 Å². The lowest BCUT2D eigenvalue weighted by Crippen LogP contribution is -2.19. The van der Waals surface area contributed by atoms with Crippen LogP contribution < -0.4 is 10.1 Å². The monoisotopic (exact) mass is 207 g/mol. The first-order valence-electron chi connectivity index (χ1n) is 4.91. The van der Waals surface area contributed by atoms with Crippen molar-refractivity contribution in [1.82, 2.24) is 5.32 Å². The number of carbonyl (C=O) groups is 1. The van der Waals surface area contributed by atoms with Gasteiger partial charge < -0.3 is 14.8 Å². The molecule has 0 heterocycles. The van der Waals surface area contributed by atoms with E-state index < -0.39 is 0 Å². The normalized spacial score (nSPS) is 12.3. The lowest BCUT2D eigenvalue weighted by Gasteiger charge is -2.17. The van der Waals surface area contributed by atoms with Crippen molar-refractivity contribution in [2.45, 2.75) is 19.9 Å². The van der Waals surface area contributed by atoms with Gasteiger partial charge in [-0.3, -0.25) is 0 Å². The summed E-state index contributed by atoms with van der Waals surface area (Å²) < 4.78 is 5.29. The van der Waals surface area contributed by atoms with Crippen LogP contribution in [0.25, 0.3) is 0 Å². The summed E-state index contributed by atoms with van der Waals surface area (Å²) in [5, 5.41) is 2.95. The summed E-state index contributed by atoms with van der Waals surface area (Å²) in [6, 6.07) is 3.68. The Balaban J connectivity index is 3.30. The van der Waals surface area contributed by atoms with Gasteiger partial charge in [0.15, 0.2) is 0 Å². The molecule has 0 fully saturated rings. The summed E-state index contributed by atoms with van der Waals surface area (Å²) in [6.45, 7) is 3.99. The molecule has 0 aliphatic rings. The Labute approximate surface area is 90.4 Å². The Bertz CT molecular complexity index is 361. The molecule has 0 bridgehead atoms. The predicted octanol–water partition coefficient (Wildman–Crippen LogP) is 1.77. The summed E-state index contributed by atoms with van der Waals surface area (Å²) in [5.41, 5.74) is 3.12. The standard InChI is InChI=1S/C12H17NO2/c1-8-5-9(2)12(10(7-14)13-3)11(6-8)15-4/h5-7,10,13H,1-4H3. The number of benzene rings is 1. The second kappa shape index (κ2) is 4.94. The molecule has 1 aromatic carbocycles. The van der Waals surface area contributed by atoms with E-state index in [1.165, 1.54) is 0 Å². The number of likely N-dealkylation sites (N-methyl/N-ethyl adjacent to an activating group) is 1. The minimum Gasteiger partial charge on any atom is -0.496 e. The van der Waals surface area contributed by atoms with Gasteiger partial charge in [0.1, 0.15) is 12.0 Å². The summed E-state index contributed by atoms with van der Waals surface area (Å²) in [7, 11) is 3.38. The SMILES string of the molecule is CNC(C=O)c1c(C)cc(C)cc1OC. The minimum atomic E-state index is -0.305. The highest BCUT2D eigenvalue weighted by atomic mass is 16.5. The minimum absolute atomic E-state index is 0.305. The van der Waals surface area contributed by atoms with Gasteiger partial charge >= 0.3 is 0 Å². The maximum Gasteiger partial charge on any atom is 0.141 e. The van der Waals surface area contributed by atoms with E-state index in [-0.39, 0.29) is 6.04 Å². The maximum absolute atomic E-state index is 10.9. The molecule has 0 saturated heterocycles. The fourth-order valence-electron chi connectivity index (χ4n) is 1.79. The van der Waals surface area contributed by atoms with Crippen LogP contribution in [0.15, 0.2) is 12.1 Å². The van der Waals surface area contributed by atoms with Crippen LogP contribution in [0.2, 0.25) is 0 Å². The van der Waals surface area contributed by atoms with E-state index in [0.717, 1.165) is 28.7 Å². The average Bonchev–Trinajstić information content (AvgIpc) is 2.21. The molecule has 0 aliphatic carbocycles. The topological polar surface area (TPSA) is 38.3 Å². The molecule has 0 spiro atoms. The number of methoxy groups -OCH3 is 1. The van der Waals surface area contributed by atoms with E-state index in [1.807, 2.05) is 26.0 Å². The van der Waals surface area contributed by atoms with Crippen molar-refractivity contribution in [2.75, 3.05) is 14.2 Å². The second-order valence-corrected chi connectivity index (χ2v) is 3.60. The zero-order chi connectivity index (χ0) is 11.4. The van der Waals surface area contributed by atoms with Crippen LogP contribution in [0, 0.1) is 13.8 Å². The second-order valence-electron chi connectivity index (χ2n) is 3.60. The Kier molecular flexibility index (Phi) is 3.86.